The highest BCUT2D eigenvalue weighted by Gasteiger charge is 2.12. The third kappa shape index (κ3) is 2.82. The monoisotopic (exact) mass is 334 g/mol. The first-order valence-electron chi connectivity index (χ1n) is 7.97. The molecule has 0 radical (unpaired) electrons. The summed E-state index contributed by atoms with van der Waals surface area (Å²) in [7, 11) is 1.96. The van der Waals surface area contributed by atoms with Gasteiger partial charge in [0.2, 0.25) is 0 Å². The van der Waals surface area contributed by atoms with Gasteiger partial charge in [0, 0.05) is 18.9 Å². The Hall–Kier alpha value is -3.29. The van der Waals surface area contributed by atoms with Crippen molar-refractivity contribution in [2.45, 2.75) is 20.4 Å². The van der Waals surface area contributed by atoms with Crippen LogP contribution in [0, 0.1) is 13.8 Å². The number of pyridine rings is 1. The van der Waals surface area contributed by atoms with Crippen molar-refractivity contribution < 1.29 is 0 Å². The molecule has 25 heavy (non-hydrogen) atoms. The van der Waals surface area contributed by atoms with Crippen molar-refractivity contribution in [3.63, 3.8) is 0 Å². The van der Waals surface area contributed by atoms with E-state index in [0.717, 1.165) is 28.7 Å². The molecule has 4 heterocycles. The van der Waals surface area contributed by atoms with Gasteiger partial charge < -0.3 is 4.90 Å². The first kappa shape index (κ1) is 15.3. The smallest absolute Gasteiger partial charge is 0.174 e. The van der Waals surface area contributed by atoms with E-state index in [2.05, 4.69) is 25.3 Å². The Kier molecular flexibility index (Phi) is 3.64. The van der Waals surface area contributed by atoms with Crippen molar-refractivity contribution >= 4 is 11.5 Å². The van der Waals surface area contributed by atoms with Crippen molar-refractivity contribution in [3.8, 4) is 5.82 Å². The minimum absolute atomic E-state index is 0.570. The van der Waals surface area contributed by atoms with Gasteiger partial charge in [-0.2, -0.15) is 5.10 Å². The highest BCUT2D eigenvalue weighted by Crippen LogP contribution is 2.15. The summed E-state index contributed by atoms with van der Waals surface area (Å²) in [5, 5.41) is 12.9. The lowest BCUT2D eigenvalue weighted by Gasteiger charge is -2.17. The molecule has 0 aliphatic carbocycles. The molecule has 0 unspecified atom stereocenters. The van der Waals surface area contributed by atoms with Crippen LogP contribution in [0.1, 0.15) is 17.2 Å². The summed E-state index contributed by atoms with van der Waals surface area (Å²) in [6.45, 7) is 4.53. The maximum atomic E-state index is 4.68. The van der Waals surface area contributed by atoms with Crippen molar-refractivity contribution in [2.75, 3.05) is 11.9 Å². The van der Waals surface area contributed by atoms with Gasteiger partial charge in [-0.05, 0) is 32.0 Å². The van der Waals surface area contributed by atoms with Gasteiger partial charge in [-0.25, -0.2) is 9.67 Å². The third-order valence-corrected chi connectivity index (χ3v) is 3.99. The van der Waals surface area contributed by atoms with E-state index < -0.39 is 0 Å². The zero-order valence-corrected chi connectivity index (χ0v) is 14.3. The standard InChI is InChI=1S/C17H18N8/c1-12-8-13(2)25(22-12)16-10-18-9-15(19-16)23(3)11-17-21-20-14-6-4-5-7-24(14)17/h4-10H,11H2,1-3H3. The van der Waals surface area contributed by atoms with Gasteiger partial charge in [0.05, 0.1) is 24.6 Å². The molecule has 0 spiro atoms. The summed E-state index contributed by atoms with van der Waals surface area (Å²) in [6, 6.07) is 7.85. The van der Waals surface area contributed by atoms with E-state index in [1.54, 1.807) is 17.1 Å². The maximum absolute atomic E-state index is 4.68. The second-order valence-corrected chi connectivity index (χ2v) is 5.98. The van der Waals surface area contributed by atoms with Crippen LogP contribution in [0.5, 0.6) is 0 Å². The van der Waals surface area contributed by atoms with Crippen LogP contribution in [-0.2, 0) is 6.54 Å². The number of rotatable bonds is 4. The van der Waals surface area contributed by atoms with Crippen LogP contribution in [0.25, 0.3) is 11.5 Å². The van der Waals surface area contributed by atoms with Gasteiger partial charge in [0.1, 0.15) is 5.82 Å². The van der Waals surface area contributed by atoms with Crippen LogP contribution in [-0.4, -0.2) is 41.4 Å². The molecule has 4 aromatic heterocycles. The van der Waals surface area contributed by atoms with Crippen LogP contribution >= 0.6 is 0 Å². The van der Waals surface area contributed by atoms with Crippen molar-refractivity contribution in [2.24, 2.45) is 0 Å². The normalized spacial score (nSPS) is 11.2. The van der Waals surface area contributed by atoms with Gasteiger partial charge in [0.25, 0.3) is 0 Å². The Balaban J connectivity index is 1.63. The number of aromatic nitrogens is 7. The SMILES string of the molecule is Cc1cc(C)n(-c2cncc(N(C)Cc3nnc4ccccn34)n2)n1. The zero-order valence-electron chi connectivity index (χ0n) is 14.3. The fraction of sp³-hybridized carbons (Fsp3) is 0.235. The molecule has 0 atom stereocenters. The summed E-state index contributed by atoms with van der Waals surface area (Å²) in [5.74, 6) is 2.29. The minimum atomic E-state index is 0.570. The average Bonchev–Trinajstić information content (AvgIpc) is 3.18. The van der Waals surface area contributed by atoms with Crippen LogP contribution in [0.3, 0.4) is 0 Å². The van der Waals surface area contributed by atoms with E-state index in [-0.39, 0.29) is 0 Å². The number of nitrogens with zero attached hydrogens (tertiary/aromatic N) is 8. The quantitative estimate of drug-likeness (QED) is 0.568. The molecule has 0 aliphatic rings. The fourth-order valence-corrected chi connectivity index (χ4v) is 2.78. The summed E-state index contributed by atoms with van der Waals surface area (Å²) < 4.78 is 3.76. The second-order valence-electron chi connectivity index (χ2n) is 5.98. The Morgan fingerprint density at radius 3 is 2.80 bits per heavy atom. The van der Waals surface area contributed by atoms with Crippen LogP contribution < -0.4 is 4.90 Å². The zero-order chi connectivity index (χ0) is 17.4. The van der Waals surface area contributed by atoms with E-state index in [1.807, 2.05) is 60.7 Å². The molecule has 0 amide bonds. The molecule has 0 saturated heterocycles. The largest absolute Gasteiger partial charge is 0.351 e. The van der Waals surface area contributed by atoms with Crippen molar-refractivity contribution in [1.82, 2.24) is 34.3 Å². The van der Waals surface area contributed by atoms with Gasteiger partial charge in [-0.3, -0.25) is 9.38 Å². The lowest BCUT2D eigenvalue weighted by atomic mass is 10.4. The molecule has 0 fully saturated rings. The van der Waals surface area contributed by atoms with E-state index in [9.17, 15) is 0 Å². The fourth-order valence-electron chi connectivity index (χ4n) is 2.78. The van der Waals surface area contributed by atoms with Crippen LogP contribution in [0.4, 0.5) is 5.82 Å². The Bertz CT molecular complexity index is 1030. The van der Waals surface area contributed by atoms with Crippen LogP contribution in [0.15, 0.2) is 42.9 Å². The predicted octanol–water partition coefficient (Wildman–Crippen LogP) is 1.96. The highest BCUT2D eigenvalue weighted by molar-refractivity contribution is 5.41. The third-order valence-electron chi connectivity index (χ3n) is 3.99. The van der Waals surface area contributed by atoms with Gasteiger partial charge in [-0.1, -0.05) is 6.07 Å². The summed E-state index contributed by atoms with van der Waals surface area (Å²) >= 11 is 0. The summed E-state index contributed by atoms with van der Waals surface area (Å²) in [6.07, 6.45) is 5.40. The molecule has 4 aromatic rings. The van der Waals surface area contributed by atoms with Crippen molar-refractivity contribution in [3.05, 3.63) is 60.1 Å². The Morgan fingerprint density at radius 2 is 2.00 bits per heavy atom. The molecular formula is C17H18N8. The first-order valence-corrected chi connectivity index (χ1v) is 7.97. The van der Waals surface area contributed by atoms with Crippen molar-refractivity contribution in [1.29, 1.82) is 0 Å². The number of fused-ring (bicyclic) bond motifs is 1. The van der Waals surface area contributed by atoms with E-state index in [1.165, 1.54) is 0 Å². The lowest BCUT2D eigenvalue weighted by Crippen LogP contribution is -2.20. The van der Waals surface area contributed by atoms with Crippen LogP contribution in [0.2, 0.25) is 0 Å². The molecule has 0 N–H and O–H groups in total. The lowest BCUT2D eigenvalue weighted by molar-refractivity contribution is 0.774. The number of hydrogen-bond donors (Lipinski definition) is 0. The molecule has 126 valence electrons. The summed E-state index contributed by atoms with van der Waals surface area (Å²) in [5.41, 5.74) is 2.80. The molecular weight excluding hydrogens is 316 g/mol. The number of anilines is 1. The molecule has 8 nitrogen and oxygen atoms in total. The molecule has 4 rings (SSSR count). The molecule has 0 aromatic carbocycles. The van der Waals surface area contributed by atoms with E-state index in [4.69, 9.17) is 0 Å². The highest BCUT2D eigenvalue weighted by atomic mass is 15.3. The Morgan fingerprint density at radius 1 is 1.12 bits per heavy atom. The minimum Gasteiger partial charge on any atom is -0.351 e. The Labute approximate surface area is 144 Å². The number of hydrogen-bond acceptors (Lipinski definition) is 6. The van der Waals surface area contributed by atoms with E-state index in [0.29, 0.717) is 12.4 Å². The van der Waals surface area contributed by atoms with Gasteiger partial charge in [0.15, 0.2) is 17.3 Å². The molecule has 0 bridgehead atoms. The molecule has 0 saturated carbocycles. The maximum Gasteiger partial charge on any atom is 0.174 e. The second kappa shape index (κ2) is 5.97. The van der Waals surface area contributed by atoms with E-state index >= 15 is 0 Å². The molecule has 0 aliphatic heterocycles. The number of aryl methyl sites for hydroxylation is 2. The topological polar surface area (TPSA) is 77.0 Å². The predicted molar refractivity (Wildman–Crippen MR) is 93.7 cm³/mol. The van der Waals surface area contributed by atoms with Gasteiger partial charge >= 0.3 is 0 Å². The average molecular weight is 334 g/mol. The first-order chi connectivity index (χ1) is 12.1. The summed E-state index contributed by atoms with van der Waals surface area (Å²) in [4.78, 5) is 11.0. The molecule has 8 heteroatoms. The van der Waals surface area contributed by atoms with Gasteiger partial charge in [-0.15, -0.1) is 10.2 Å².